The molecule has 0 amide bonds. The number of anilines is 3. The first-order valence-electron chi connectivity index (χ1n) is 6.50. The van der Waals surface area contributed by atoms with Crippen LogP contribution in [-0.2, 0) is 6.18 Å². The predicted octanol–water partition coefficient (Wildman–Crippen LogP) is 4.06. The quantitative estimate of drug-likeness (QED) is 0.873. The van der Waals surface area contributed by atoms with Crippen LogP contribution in [0.3, 0.4) is 0 Å². The lowest BCUT2D eigenvalue weighted by Crippen LogP contribution is -2.06. The molecule has 0 spiro atoms. The molecule has 0 fully saturated rings. The number of nitrogens with zero attached hydrogens (tertiary/aromatic N) is 2. The summed E-state index contributed by atoms with van der Waals surface area (Å²) in [5.41, 5.74) is -0.192. The summed E-state index contributed by atoms with van der Waals surface area (Å²) in [6, 6.07) is 6.45. The summed E-state index contributed by atoms with van der Waals surface area (Å²) in [5.74, 6) is 0.997. The maximum Gasteiger partial charge on any atom is 0.416 e. The molecule has 1 aromatic heterocycles. The molecule has 0 radical (unpaired) electrons. The topological polar surface area (TPSA) is 49.8 Å². The zero-order valence-electron chi connectivity index (χ0n) is 11.4. The number of nitrogens with one attached hydrogen (secondary N) is 2. The molecule has 0 atom stereocenters. The van der Waals surface area contributed by atoms with Gasteiger partial charge >= 0.3 is 6.18 Å². The molecular formula is C14H15F3N4. The van der Waals surface area contributed by atoms with E-state index < -0.39 is 11.7 Å². The summed E-state index contributed by atoms with van der Waals surface area (Å²) in [5, 5.41) is 5.98. The van der Waals surface area contributed by atoms with Gasteiger partial charge in [-0.05, 0) is 36.8 Å². The summed E-state index contributed by atoms with van der Waals surface area (Å²) < 4.78 is 37.4. The Balaban J connectivity index is 2.07. The van der Waals surface area contributed by atoms with Gasteiger partial charge in [-0.25, -0.2) is 4.98 Å². The van der Waals surface area contributed by atoms with E-state index in [0.29, 0.717) is 17.5 Å². The molecule has 1 aromatic carbocycles. The second-order valence-corrected chi connectivity index (χ2v) is 4.39. The Bertz CT molecular complexity index is 582. The lowest BCUT2D eigenvalue weighted by molar-refractivity contribution is -0.137. The summed E-state index contributed by atoms with van der Waals surface area (Å²) in [7, 11) is 0. The van der Waals surface area contributed by atoms with Gasteiger partial charge in [-0.2, -0.15) is 18.2 Å². The van der Waals surface area contributed by atoms with Crippen molar-refractivity contribution >= 4 is 17.5 Å². The number of alkyl halides is 3. The smallest absolute Gasteiger partial charge is 0.370 e. The van der Waals surface area contributed by atoms with Gasteiger partial charge in [0.15, 0.2) is 0 Å². The molecule has 0 unspecified atom stereocenters. The van der Waals surface area contributed by atoms with Gasteiger partial charge in [0.2, 0.25) is 5.95 Å². The highest BCUT2D eigenvalue weighted by Crippen LogP contribution is 2.30. The van der Waals surface area contributed by atoms with Crippen molar-refractivity contribution in [2.24, 2.45) is 0 Å². The fraction of sp³-hybridized carbons (Fsp3) is 0.286. The number of halogens is 3. The molecule has 4 nitrogen and oxygen atoms in total. The van der Waals surface area contributed by atoms with Crippen LogP contribution in [0.25, 0.3) is 0 Å². The van der Waals surface area contributed by atoms with E-state index in [1.165, 1.54) is 12.1 Å². The lowest BCUT2D eigenvalue weighted by Gasteiger charge is -2.09. The Morgan fingerprint density at radius 1 is 1.10 bits per heavy atom. The first kappa shape index (κ1) is 15.1. The van der Waals surface area contributed by atoms with Crippen LogP contribution in [0.15, 0.2) is 36.5 Å². The minimum Gasteiger partial charge on any atom is -0.370 e. The van der Waals surface area contributed by atoms with Gasteiger partial charge in [-0.1, -0.05) is 6.92 Å². The standard InChI is InChI=1S/C14H15F3N4/c1-2-8-18-12-7-9-19-13(21-12)20-11-5-3-10(4-6-11)14(15,16)17/h3-7,9H,2,8H2,1H3,(H2,18,19,20,21). The highest BCUT2D eigenvalue weighted by atomic mass is 19.4. The zero-order valence-corrected chi connectivity index (χ0v) is 11.4. The average Bonchev–Trinajstić information content (AvgIpc) is 2.45. The fourth-order valence-corrected chi connectivity index (χ4v) is 1.64. The van der Waals surface area contributed by atoms with E-state index in [1.54, 1.807) is 12.3 Å². The van der Waals surface area contributed by atoms with Crippen molar-refractivity contribution in [3.8, 4) is 0 Å². The minimum absolute atomic E-state index is 0.330. The average molecular weight is 296 g/mol. The zero-order chi connectivity index (χ0) is 15.3. The molecule has 21 heavy (non-hydrogen) atoms. The molecule has 0 saturated heterocycles. The first-order chi connectivity index (χ1) is 9.99. The largest absolute Gasteiger partial charge is 0.416 e. The van der Waals surface area contributed by atoms with Crippen molar-refractivity contribution in [3.63, 3.8) is 0 Å². The molecule has 2 N–H and O–H groups in total. The van der Waals surface area contributed by atoms with Crippen LogP contribution < -0.4 is 10.6 Å². The predicted molar refractivity (Wildman–Crippen MR) is 75.5 cm³/mol. The number of hydrogen-bond donors (Lipinski definition) is 2. The van der Waals surface area contributed by atoms with Crippen molar-refractivity contribution in [2.45, 2.75) is 19.5 Å². The molecule has 0 aliphatic carbocycles. The fourth-order valence-electron chi connectivity index (χ4n) is 1.64. The van der Waals surface area contributed by atoms with E-state index in [1.807, 2.05) is 6.92 Å². The third kappa shape index (κ3) is 4.34. The molecule has 0 bridgehead atoms. The summed E-state index contributed by atoms with van der Waals surface area (Å²) >= 11 is 0. The lowest BCUT2D eigenvalue weighted by atomic mass is 10.2. The van der Waals surface area contributed by atoms with Crippen molar-refractivity contribution in [3.05, 3.63) is 42.1 Å². The van der Waals surface area contributed by atoms with E-state index in [9.17, 15) is 13.2 Å². The van der Waals surface area contributed by atoms with E-state index in [4.69, 9.17) is 0 Å². The van der Waals surface area contributed by atoms with Gasteiger partial charge in [0.25, 0.3) is 0 Å². The van der Waals surface area contributed by atoms with Crippen LogP contribution in [0.4, 0.5) is 30.6 Å². The Labute approximate surface area is 120 Å². The number of hydrogen-bond acceptors (Lipinski definition) is 4. The highest BCUT2D eigenvalue weighted by Gasteiger charge is 2.29. The second-order valence-electron chi connectivity index (χ2n) is 4.39. The van der Waals surface area contributed by atoms with Crippen molar-refractivity contribution < 1.29 is 13.2 Å². The SMILES string of the molecule is CCCNc1ccnc(Nc2ccc(C(F)(F)F)cc2)n1. The van der Waals surface area contributed by atoms with Crippen LogP contribution in [0.1, 0.15) is 18.9 Å². The molecule has 2 aromatic rings. The van der Waals surface area contributed by atoms with E-state index in [2.05, 4.69) is 20.6 Å². The third-order valence-corrected chi connectivity index (χ3v) is 2.68. The van der Waals surface area contributed by atoms with Crippen LogP contribution in [0, 0.1) is 0 Å². The third-order valence-electron chi connectivity index (χ3n) is 2.68. The Kier molecular flexibility index (Phi) is 4.62. The van der Waals surface area contributed by atoms with Crippen molar-refractivity contribution in [1.82, 2.24) is 9.97 Å². The van der Waals surface area contributed by atoms with Crippen LogP contribution in [0.2, 0.25) is 0 Å². The molecule has 1 heterocycles. The van der Waals surface area contributed by atoms with Gasteiger partial charge in [-0.3, -0.25) is 0 Å². The summed E-state index contributed by atoms with van der Waals surface area (Å²) in [6.45, 7) is 2.83. The van der Waals surface area contributed by atoms with E-state index in [-0.39, 0.29) is 0 Å². The number of aromatic nitrogens is 2. The molecule has 112 valence electrons. The molecule has 0 aliphatic heterocycles. The van der Waals surface area contributed by atoms with Crippen molar-refractivity contribution in [1.29, 1.82) is 0 Å². The highest BCUT2D eigenvalue weighted by molar-refractivity contribution is 5.55. The molecule has 0 aliphatic rings. The van der Waals surface area contributed by atoms with Gasteiger partial charge < -0.3 is 10.6 Å². The van der Waals surface area contributed by atoms with Gasteiger partial charge in [0.05, 0.1) is 5.56 Å². The maximum absolute atomic E-state index is 12.5. The molecule has 2 rings (SSSR count). The second kappa shape index (κ2) is 6.43. The Morgan fingerprint density at radius 2 is 1.81 bits per heavy atom. The molecule has 7 heteroatoms. The van der Waals surface area contributed by atoms with E-state index >= 15 is 0 Å². The Hall–Kier alpha value is -2.31. The monoisotopic (exact) mass is 296 g/mol. The normalized spacial score (nSPS) is 11.2. The minimum atomic E-state index is -4.33. The maximum atomic E-state index is 12.5. The Morgan fingerprint density at radius 3 is 2.43 bits per heavy atom. The van der Waals surface area contributed by atoms with E-state index in [0.717, 1.165) is 25.1 Å². The summed E-state index contributed by atoms with van der Waals surface area (Å²) in [4.78, 5) is 8.25. The van der Waals surface area contributed by atoms with Crippen molar-refractivity contribution in [2.75, 3.05) is 17.2 Å². The van der Waals surface area contributed by atoms with Gasteiger partial charge in [-0.15, -0.1) is 0 Å². The van der Waals surface area contributed by atoms with Crippen LogP contribution >= 0.6 is 0 Å². The van der Waals surface area contributed by atoms with Crippen LogP contribution in [-0.4, -0.2) is 16.5 Å². The number of benzene rings is 1. The van der Waals surface area contributed by atoms with Gasteiger partial charge in [0.1, 0.15) is 5.82 Å². The van der Waals surface area contributed by atoms with Crippen LogP contribution in [0.5, 0.6) is 0 Å². The molecular weight excluding hydrogens is 281 g/mol. The molecule has 0 saturated carbocycles. The number of rotatable bonds is 5. The van der Waals surface area contributed by atoms with Gasteiger partial charge in [0, 0.05) is 18.4 Å². The summed E-state index contributed by atoms with van der Waals surface area (Å²) in [6.07, 6.45) is -1.79. The first-order valence-corrected chi connectivity index (χ1v) is 6.50.